The minimum absolute atomic E-state index is 0.301. The quantitative estimate of drug-likeness (QED) is 0.793. The van der Waals surface area contributed by atoms with E-state index in [9.17, 15) is 0 Å². The molecule has 0 aliphatic rings. The average molecular weight is 346 g/mol. The molecule has 0 aliphatic carbocycles. The first-order valence-corrected chi connectivity index (χ1v) is 6.40. The monoisotopic (exact) mass is 344 g/mol. The van der Waals surface area contributed by atoms with Crippen LogP contribution in [0.1, 0.15) is 5.69 Å². The maximum atomic E-state index is 6.05. The summed E-state index contributed by atoms with van der Waals surface area (Å²) in [7, 11) is 3.10. The van der Waals surface area contributed by atoms with Gasteiger partial charge in [-0.25, -0.2) is 19.9 Å². The van der Waals surface area contributed by atoms with Crippen LogP contribution >= 0.6 is 27.5 Å². The predicted octanol–water partition coefficient (Wildman–Crippen LogP) is 2.50. The topological polar surface area (TPSA) is 70.0 Å². The SMILES string of the molecule is COCc1nc(-c2cc(OC)ncn2)nc(Cl)c1Br. The third kappa shape index (κ3) is 3.17. The molecular formula is C11H10BrClN4O2. The number of nitrogens with zero attached hydrogens (tertiary/aromatic N) is 4. The van der Waals surface area contributed by atoms with E-state index < -0.39 is 0 Å². The molecule has 0 saturated carbocycles. The van der Waals surface area contributed by atoms with Crippen LogP contribution in [0.2, 0.25) is 5.15 Å². The van der Waals surface area contributed by atoms with Gasteiger partial charge < -0.3 is 9.47 Å². The summed E-state index contributed by atoms with van der Waals surface area (Å²) in [6.45, 7) is 0.318. The smallest absolute Gasteiger partial charge is 0.216 e. The Bertz CT molecular complexity index is 597. The first-order chi connectivity index (χ1) is 9.15. The third-order valence-corrected chi connectivity index (χ3v) is 3.58. The van der Waals surface area contributed by atoms with E-state index in [4.69, 9.17) is 21.1 Å². The van der Waals surface area contributed by atoms with E-state index in [0.717, 1.165) is 0 Å². The van der Waals surface area contributed by atoms with Crippen LogP contribution in [0.25, 0.3) is 11.5 Å². The summed E-state index contributed by atoms with van der Waals surface area (Å²) in [6, 6.07) is 1.64. The lowest BCUT2D eigenvalue weighted by atomic mass is 10.3. The van der Waals surface area contributed by atoms with E-state index in [2.05, 4.69) is 35.9 Å². The van der Waals surface area contributed by atoms with Crippen molar-refractivity contribution in [2.45, 2.75) is 6.61 Å². The number of rotatable bonds is 4. The molecule has 0 atom stereocenters. The van der Waals surface area contributed by atoms with Gasteiger partial charge in [-0.3, -0.25) is 0 Å². The zero-order chi connectivity index (χ0) is 13.8. The Labute approximate surface area is 123 Å². The zero-order valence-electron chi connectivity index (χ0n) is 10.2. The van der Waals surface area contributed by atoms with Crippen molar-refractivity contribution in [1.29, 1.82) is 0 Å². The van der Waals surface area contributed by atoms with Crippen LogP contribution in [0.15, 0.2) is 16.9 Å². The lowest BCUT2D eigenvalue weighted by molar-refractivity contribution is 0.181. The Kier molecular flexibility index (Phi) is 4.62. The van der Waals surface area contributed by atoms with Crippen LogP contribution in [-0.4, -0.2) is 34.2 Å². The maximum absolute atomic E-state index is 6.05. The van der Waals surface area contributed by atoms with E-state index >= 15 is 0 Å². The van der Waals surface area contributed by atoms with Gasteiger partial charge in [0, 0.05) is 13.2 Å². The Morgan fingerprint density at radius 2 is 2.05 bits per heavy atom. The van der Waals surface area contributed by atoms with Gasteiger partial charge in [-0.2, -0.15) is 0 Å². The summed E-state index contributed by atoms with van der Waals surface area (Å²) in [6.07, 6.45) is 1.38. The van der Waals surface area contributed by atoms with Crippen molar-refractivity contribution < 1.29 is 9.47 Å². The van der Waals surface area contributed by atoms with Crippen molar-refractivity contribution in [2.24, 2.45) is 0 Å². The molecule has 0 radical (unpaired) electrons. The summed E-state index contributed by atoms with van der Waals surface area (Å²) in [4.78, 5) is 16.5. The van der Waals surface area contributed by atoms with Crippen molar-refractivity contribution in [2.75, 3.05) is 14.2 Å². The molecule has 19 heavy (non-hydrogen) atoms. The number of methoxy groups -OCH3 is 2. The molecule has 0 amide bonds. The molecule has 0 N–H and O–H groups in total. The van der Waals surface area contributed by atoms with Gasteiger partial charge in [0.2, 0.25) is 5.88 Å². The highest BCUT2D eigenvalue weighted by Gasteiger charge is 2.13. The van der Waals surface area contributed by atoms with Crippen LogP contribution in [0.4, 0.5) is 0 Å². The summed E-state index contributed by atoms with van der Waals surface area (Å²) < 4.78 is 10.7. The average Bonchev–Trinajstić information content (AvgIpc) is 2.44. The highest BCUT2D eigenvalue weighted by molar-refractivity contribution is 9.10. The highest BCUT2D eigenvalue weighted by Crippen LogP contribution is 2.27. The van der Waals surface area contributed by atoms with Gasteiger partial charge in [0.25, 0.3) is 0 Å². The van der Waals surface area contributed by atoms with E-state index in [0.29, 0.717) is 39.3 Å². The molecule has 100 valence electrons. The van der Waals surface area contributed by atoms with Crippen LogP contribution in [-0.2, 0) is 11.3 Å². The number of hydrogen-bond donors (Lipinski definition) is 0. The summed E-state index contributed by atoms with van der Waals surface area (Å²) in [5.41, 5.74) is 1.17. The second-order valence-electron chi connectivity index (χ2n) is 3.48. The van der Waals surface area contributed by atoms with E-state index in [1.165, 1.54) is 13.4 Å². The largest absolute Gasteiger partial charge is 0.481 e. The minimum Gasteiger partial charge on any atom is -0.481 e. The molecule has 0 aromatic carbocycles. The Morgan fingerprint density at radius 3 is 2.74 bits per heavy atom. The highest BCUT2D eigenvalue weighted by atomic mass is 79.9. The fourth-order valence-corrected chi connectivity index (χ4v) is 1.86. The summed E-state index contributed by atoms with van der Waals surface area (Å²) in [5.74, 6) is 0.821. The van der Waals surface area contributed by atoms with Gasteiger partial charge >= 0.3 is 0 Å². The first kappa shape index (κ1) is 14.1. The Balaban J connectivity index is 2.49. The van der Waals surface area contributed by atoms with Crippen molar-refractivity contribution in [3.63, 3.8) is 0 Å². The van der Waals surface area contributed by atoms with Gasteiger partial charge in [-0.05, 0) is 15.9 Å². The van der Waals surface area contributed by atoms with E-state index in [1.54, 1.807) is 13.2 Å². The van der Waals surface area contributed by atoms with Crippen LogP contribution < -0.4 is 4.74 Å². The molecule has 0 fully saturated rings. The van der Waals surface area contributed by atoms with Crippen LogP contribution in [0.5, 0.6) is 5.88 Å². The molecule has 8 heteroatoms. The molecule has 0 aliphatic heterocycles. The lowest BCUT2D eigenvalue weighted by Gasteiger charge is -2.07. The molecule has 2 heterocycles. The second kappa shape index (κ2) is 6.23. The first-order valence-electron chi connectivity index (χ1n) is 5.23. The van der Waals surface area contributed by atoms with Gasteiger partial charge in [0.15, 0.2) is 5.82 Å². The van der Waals surface area contributed by atoms with Crippen molar-refractivity contribution in [1.82, 2.24) is 19.9 Å². The predicted molar refractivity (Wildman–Crippen MR) is 73.0 cm³/mol. The van der Waals surface area contributed by atoms with E-state index in [1.807, 2.05) is 0 Å². The van der Waals surface area contributed by atoms with Crippen molar-refractivity contribution >= 4 is 27.5 Å². The molecule has 0 unspecified atom stereocenters. The third-order valence-electron chi connectivity index (χ3n) is 2.24. The van der Waals surface area contributed by atoms with Gasteiger partial charge in [-0.15, -0.1) is 0 Å². The Morgan fingerprint density at radius 1 is 1.26 bits per heavy atom. The van der Waals surface area contributed by atoms with Crippen LogP contribution in [0, 0.1) is 0 Å². The fourth-order valence-electron chi connectivity index (χ4n) is 1.38. The van der Waals surface area contributed by atoms with Gasteiger partial charge in [0.1, 0.15) is 17.2 Å². The van der Waals surface area contributed by atoms with E-state index in [-0.39, 0.29) is 0 Å². The Hall–Kier alpha value is -1.31. The second-order valence-corrected chi connectivity index (χ2v) is 4.63. The maximum Gasteiger partial charge on any atom is 0.216 e. The van der Waals surface area contributed by atoms with Crippen molar-refractivity contribution in [3.8, 4) is 17.4 Å². The molecule has 2 rings (SSSR count). The van der Waals surface area contributed by atoms with Gasteiger partial charge in [0.05, 0.1) is 23.9 Å². The van der Waals surface area contributed by atoms with Crippen molar-refractivity contribution in [3.05, 3.63) is 27.7 Å². The number of hydrogen-bond acceptors (Lipinski definition) is 6. The number of aromatic nitrogens is 4. The summed E-state index contributed by atoms with van der Waals surface area (Å²) >= 11 is 9.37. The van der Waals surface area contributed by atoms with Gasteiger partial charge in [-0.1, -0.05) is 11.6 Å². The molecule has 0 spiro atoms. The number of ether oxygens (including phenoxy) is 2. The lowest BCUT2D eigenvalue weighted by Crippen LogP contribution is -2.01. The molecule has 0 bridgehead atoms. The number of halogens is 2. The molecule has 2 aromatic rings. The minimum atomic E-state index is 0.301. The molecule has 6 nitrogen and oxygen atoms in total. The molecule has 2 aromatic heterocycles. The standard InChI is InChI=1S/C11H10BrClN4O2/c1-18-4-7-9(12)10(13)17-11(16-7)6-3-8(19-2)15-5-14-6/h3,5H,4H2,1-2H3. The molecule has 0 saturated heterocycles. The zero-order valence-corrected chi connectivity index (χ0v) is 12.6. The normalized spacial score (nSPS) is 10.5. The van der Waals surface area contributed by atoms with Crippen LogP contribution in [0.3, 0.4) is 0 Å². The fraction of sp³-hybridized carbons (Fsp3) is 0.273. The summed E-state index contributed by atoms with van der Waals surface area (Å²) in [5, 5.41) is 0.301. The molecular weight excluding hydrogens is 336 g/mol.